The standard InChI is InChI=1S/C8H11F3N2O3S/c9-8(10,11)5-13-7(14)3-12-6-1-2-17(15,16)4-6/h1-2,6,12H,3-5H2,(H,13,14). The molecule has 0 saturated heterocycles. The van der Waals surface area contributed by atoms with Gasteiger partial charge in [-0.1, -0.05) is 6.08 Å². The van der Waals surface area contributed by atoms with Crippen LogP contribution in [-0.2, 0) is 14.6 Å². The maximum atomic E-state index is 11.7. The third-order valence-corrected chi connectivity index (χ3v) is 3.34. The quantitative estimate of drug-likeness (QED) is 0.728. The van der Waals surface area contributed by atoms with Crippen LogP contribution in [0.3, 0.4) is 0 Å². The number of rotatable bonds is 4. The fourth-order valence-electron chi connectivity index (χ4n) is 1.19. The van der Waals surface area contributed by atoms with Crippen molar-refractivity contribution in [3.05, 3.63) is 11.5 Å². The van der Waals surface area contributed by atoms with Gasteiger partial charge in [0.05, 0.1) is 12.3 Å². The second-order valence-electron chi connectivity index (χ2n) is 3.54. The van der Waals surface area contributed by atoms with Gasteiger partial charge in [0.1, 0.15) is 6.54 Å². The topological polar surface area (TPSA) is 75.3 Å². The maximum Gasteiger partial charge on any atom is 0.405 e. The van der Waals surface area contributed by atoms with Crippen molar-refractivity contribution in [3.8, 4) is 0 Å². The number of carbonyl (C=O) groups excluding carboxylic acids is 1. The lowest BCUT2D eigenvalue weighted by Gasteiger charge is -2.11. The van der Waals surface area contributed by atoms with Gasteiger partial charge in [-0.2, -0.15) is 13.2 Å². The number of sulfone groups is 1. The van der Waals surface area contributed by atoms with Gasteiger partial charge in [0, 0.05) is 11.4 Å². The minimum absolute atomic E-state index is 0.181. The van der Waals surface area contributed by atoms with Gasteiger partial charge in [0.15, 0.2) is 9.84 Å². The number of nitrogens with one attached hydrogen (secondary N) is 2. The van der Waals surface area contributed by atoms with Crippen LogP contribution in [0.15, 0.2) is 11.5 Å². The van der Waals surface area contributed by atoms with Crippen LogP contribution >= 0.6 is 0 Å². The first-order valence-corrected chi connectivity index (χ1v) is 6.37. The molecule has 1 heterocycles. The largest absolute Gasteiger partial charge is 0.405 e. The molecule has 0 aromatic heterocycles. The number of carbonyl (C=O) groups is 1. The van der Waals surface area contributed by atoms with E-state index in [2.05, 4.69) is 5.32 Å². The van der Waals surface area contributed by atoms with Crippen molar-refractivity contribution in [2.75, 3.05) is 18.8 Å². The summed E-state index contributed by atoms with van der Waals surface area (Å²) in [5.74, 6) is -1.01. The lowest BCUT2D eigenvalue weighted by atomic mass is 10.3. The second-order valence-corrected chi connectivity index (χ2v) is 5.47. The van der Waals surface area contributed by atoms with E-state index in [0.29, 0.717) is 0 Å². The normalized spacial score (nSPS) is 22.6. The molecule has 5 nitrogen and oxygen atoms in total. The van der Waals surface area contributed by atoms with E-state index in [1.165, 1.54) is 6.08 Å². The molecule has 1 rings (SSSR count). The van der Waals surface area contributed by atoms with Crippen molar-refractivity contribution in [2.45, 2.75) is 12.2 Å². The molecule has 9 heteroatoms. The number of hydrogen-bond donors (Lipinski definition) is 2. The van der Waals surface area contributed by atoms with Crippen molar-refractivity contribution < 1.29 is 26.4 Å². The number of alkyl halides is 3. The first-order valence-electron chi connectivity index (χ1n) is 4.66. The van der Waals surface area contributed by atoms with E-state index in [1.54, 1.807) is 5.32 Å². The second kappa shape index (κ2) is 5.05. The van der Waals surface area contributed by atoms with Crippen LogP contribution in [0.4, 0.5) is 13.2 Å². The molecule has 0 fully saturated rings. The molecule has 0 bridgehead atoms. The van der Waals surface area contributed by atoms with Crippen LogP contribution in [0, 0.1) is 0 Å². The molecule has 1 unspecified atom stereocenters. The van der Waals surface area contributed by atoms with Crippen molar-refractivity contribution >= 4 is 15.7 Å². The fraction of sp³-hybridized carbons (Fsp3) is 0.625. The molecule has 0 aromatic rings. The summed E-state index contributed by atoms with van der Waals surface area (Å²) in [6.07, 6.45) is -3.10. The molecular weight excluding hydrogens is 261 g/mol. The van der Waals surface area contributed by atoms with E-state index in [-0.39, 0.29) is 12.3 Å². The van der Waals surface area contributed by atoms with Gasteiger partial charge < -0.3 is 10.6 Å². The number of halogens is 3. The molecule has 1 amide bonds. The SMILES string of the molecule is O=C(CNC1C=CS(=O)(=O)C1)NCC(F)(F)F. The zero-order valence-electron chi connectivity index (χ0n) is 8.62. The number of amides is 1. The Morgan fingerprint density at radius 2 is 2.06 bits per heavy atom. The summed E-state index contributed by atoms with van der Waals surface area (Å²) in [5.41, 5.74) is 0. The Hall–Kier alpha value is -1.09. The summed E-state index contributed by atoms with van der Waals surface area (Å²) in [5, 5.41) is 5.21. The Bertz CT molecular complexity index is 416. The molecule has 1 aliphatic heterocycles. The molecule has 1 atom stereocenters. The van der Waals surface area contributed by atoms with Gasteiger partial charge in [0.25, 0.3) is 0 Å². The fourth-order valence-corrected chi connectivity index (χ4v) is 2.46. The first kappa shape index (κ1) is 14.0. The van der Waals surface area contributed by atoms with Gasteiger partial charge in [-0.05, 0) is 0 Å². The van der Waals surface area contributed by atoms with Crippen molar-refractivity contribution in [1.29, 1.82) is 0 Å². The highest BCUT2D eigenvalue weighted by Crippen LogP contribution is 2.12. The molecule has 1 aliphatic rings. The van der Waals surface area contributed by atoms with Gasteiger partial charge in [-0.25, -0.2) is 8.42 Å². The lowest BCUT2D eigenvalue weighted by molar-refractivity contribution is -0.137. The third kappa shape index (κ3) is 5.68. The van der Waals surface area contributed by atoms with Crippen molar-refractivity contribution in [3.63, 3.8) is 0 Å². The zero-order chi connectivity index (χ0) is 13.1. The van der Waals surface area contributed by atoms with E-state index in [4.69, 9.17) is 0 Å². The molecule has 0 saturated carbocycles. The summed E-state index contributed by atoms with van der Waals surface area (Å²) < 4.78 is 57.1. The average molecular weight is 272 g/mol. The highest BCUT2D eigenvalue weighted by molar-refractivity contribution is 7.94. The maximum absolute atomic E-state index is 11.7. The summed E-state index contributed by atoms with van der Waals surface area (Å²) in [4.78, 5) is 11.0. The monoisotopic (exact) mass is 272 g/mol. The number of hydrogen-bond acceptors (Lipinski definition) is 4. The van der Waals surface area contributed by atoms with Crippen LogP contribution < -0.4 is 10.6 Å². The summed E-state index contributed by atoms with van der Waals surface area (Å²) in [7, 11) is -3.23. The highest BCUT2D eigenvalue weighted by atomic mass is 32.2. The predicted molar refractivity (Wildman–Crippen MR) is 53.8 cm³/mol. The Labute approximate surface area is 96.0 Å². The van der Waals surface area contributed by atoms with Gasteiger partial charge in [-0.3, -0.25) is 4.79 Å². The van der Waals surface area contributed by atoms with E-state index < -0.39 is 34.5 Å². The molecule has 2 N–H and O–H groups in total. The minimum Gasteiger partial charge on any atom is -0.346 e. The van der Waals surface area contributed by atoms with Crippen LogP contribution in [0.25, 0.3) is 0 Å². The Morgan fingerprint density at radius 1 is 1.41 bits per heavy atom. The van der Waals surface area contributed by atoms with Crippen LogP contribution in [0.2, 0.25) is 0 Å². The summed E-state index contributed by atoms with van der Waals surface area (Å²) in [6.45, 7) is -1.76. The Kier molecular flexibility index (Phi) is 4.15. The van der Waals surface area contributed by atoms with E-state index in [0.717, 1.165) is 5.41 Å². The van der Waals surface area contributed by atoms with Crippen LogP contribution in [0.5, 0.6) is 0 Å². The van der Waals surface area contributed by atoms with E-state index in [9.17, 15) is 26.4 Å². The smallest absolute Gasteiger partial charge is 0.346 e. The molecule has 0 spiro atoms. The summed E-state index contributed by atoms with van der Waals surface area (Å²) >= 11 is 0. The first-order chi connectivity index (χ1) is 7.68. The highest BCUT2D eigenvalue weighted by Gasteiger charge is 2.28. The summed E-state index contributed by atoms with van der Waals surface area (Å²) in [6, 6.07) is -0.531. The molecule has 0 aliphatic carbocycles. The van der Waals surface area contributed by atoms with Crippen molar-refractivity contribution in [1.82, 2.24) is 10.6 Å². The molecule has 17 heavy (non-hydrogen) atoms. The van der Waals surface area contributed by atoms with Gasteiger partial charge in [0.2, 0.25) is 5.91 Å². The predicted octanol–water partition coefficient (Wildman–Crippen LogP) is -0.435. The third-order valence-electron chi connectivity index (χ3n) is 1.94. The lowest BCUT2D eigenvalue weighted by Crippen LogP contribution is -2.42. The van der Waals surface area contributed by atoms with Gasteiger partial charge in [-0.15, -0.1) is 0 Å². The van der Waals surface area contributed by atoms with Crippen LogP contribution in [0.1, 0.15) is 0 Å². The Balaban J connectivity index is 2.24. The minimum atomic E-state index is -4.45. The van der Waals surface area contributed by atoms with Crippen LogP contribution in [-0.4, -0.2) is 45.4 Å². The van der Waals surface area contributed by atoms with Gasteiger partial charge >= 0.3 is 6.18 Å². The molecule has 0 radical (unpaired) electrons. The van der Waals surface area contributed by atoms with E-state index >= 15 is 0 Å². The van der Waals surface area contributed by atoms with Crippen molar-refractivity contribution in [2.24, 2.45) is 0 Å². The van der Waals surface area contributed by atoms with E-state index in [1.807, 2.05) is 0 Å². The average Bonchev–Trinajstić information content (AvgIpc) is 2.51. The Morgan fingerprint density at radius 3 is 2.53 bits per heavy atom. The zero-order valence-corrected chi connectivity index (χ0v) is 9.44. The molecule has 98 valence electrons. The molecular formula is C8H11F3N2O3S. The molecule has 0 aromatic carbocycles.